The second-order valence-corrected chi connectivity index (χ2v) is 8.82. The number of rotatable bonds is 3. The Morgan fingerprint density at radius 3 is 2.44 bits per heavy atom. The summed E-state index contributed by atoms with van der Waals surface area (Å²) in [5, 5.41) is 7.76. The Morgan fingerprint density at radius 2 is 1.69 bits per heavy atom. The van der Waals surface area contributed by atoms with Crippen LogP contribution in [-0.2, 0) is 6.54 Å². The fraction of sp³-hybridized carbons (Fsp3) is 0.103. The number of nitrogens with zero attached hydrogens (tertiary/aromatic N) is 4. The van der Waals surface area contributed by atoms with Gasteiger partial charge < -0.3 is 14.8 Å². The molecule has 3 aromatic carbocycles. The highest BCUT2D eigenvalue weighted by atomic mass is 19.1. The van der Waals surface area contributed by atoms with E-state index in [9.17, 15) is 9.18 Å². The molecule has 0 saturated carbocycles. The van der Waals surface area contributed by atoms with Crippen molar-refractivity contribution < 1.29 is 9.18 Å². The molecule has 3 heterocycles. The predicted octanol–water partition coefficient (Wildman–Crippen LogP) is 6.25. The van der Waals surface area contributed by atoms with Crippen molar-refractivity contribution in [1.82, 2.24) is 19.2 Å². The van der Waals surface area contributed by atoms with Gasteiger partial charge in [-0.05, 0) is 55.0 Å². The van der Waals surface area contributed by atoms with Crippen LogP contribution in [0.4, 0.5) is 14.9 Å². The van der Waals surface area contributed by atoms with E-state index in [0.717, 1.165) is 34.0 Å². The van der Waals surface area contributed by atoms with E-state index in [1.165, 1.54) is 12.1 Å². The van der Waals surface area contributed by atoms with Crippen molar-refractivity contribution >= 4 is 11.7 Å². The highest BCUT2D eigenvalue weighted by molar-refractivity contribution is 5.90. The largest absolute Gasteiger partial charge is 0.322 e. The van der Waals surface area contributed by atoms with Gasteiger partial charge in [-0.25, -0.2) is 13.9 Å². The average molecular weight is 478 g/mol. The molecule has 1 aliphatic rings. The lowest BCUT2D eigenvalue weighted by atomic mass is 10.0. The molecule has 1 N–H and O–H groups in total. The number of benzene rings is 3. The number of carbonyl (C=O) groups excluding carboxylic acids is 1. The third-order valence-corrected chi connectivity index (χ3v) is 6.54. The summed E-state index contributed by atoms with van der Waals surface area (Å²) in [5.41, 5.74) is 5.05. The van der Waals surface area contributed by atoms with E-state index in [-0.39, 0.29) is 12.1 Å². The Balaban J connectivity index is 1.53. The van der Waals surface area contributed by atoms with Crippen LogP contribution in [0.15, 0.2) is 103 Å². The first kappa shape index (κ1) is 21.9. The third-order valence-electron chi connectivity index (χ3n) is 6.54. The van der Waals surface area contributed by atoms with Crippen molar-refractivity contribution in [2.45, 2.75) is 19.5 Å². The van der Waals surface area contributed by atoms with Gasteiger partial charge in [0, 0.05) is 17.4 Å². The van der Waals surface area contributed by atoms with Gasteiger partial charge in [0.25, 0.3) is 0 Å². The van der Waals surface area contributed by atoms with Crippen molar-refractivity contribution in [1.29, 1.82) is 0 Å². The molecule has 6 rings (SSSR count). The summed E-state index contributed by atoms with van der Waals surface area (Å²) < 4.78 is 17.9. The number of amides is 2. The van der Waals surface area contributed by atoms with E-state index in [2.05, 4.69) is 9.88 Å². The number of halogens is 1. The summed E-state index contributed by atoms with van der Waals surface area (Å²) in [5.74, 6) is 0.500. The van der Waals surface area contributed by atoms with Gasteiger partial charge in [0.15, 0.2) is 0 Å². The summed E-state index contributed by atoms with van der Waals surface area (Å²) in [6.07, 6.45) is 2.01. The summed E-state index contributed by atoms with van der Waals surface area (Å²) in [4.78, 5) is 15.6. The standard InChI is InChI=1S/C29H24FN5O/c1-20-25-19-34(29(36)31-23-13-8-12-22(30)18-23)27(21-10-4-2-5-11-21)26-16-9-17-33(26)28(25)35(32-20)24-14-6-3-7-15-24/h2-18,27H,19H2,1H3,(H,31,36). The molecule has 1 unspecified atom stereocenters. The molecule has 0 saturated heterocycles. The van der Waals surface area contributed by atoms with Gasteiger partial charge in [0.05, 0.1) is 29.7 Å². The van der Waals surface area contributed by atoms with Crippen molar-refractivity contribution in [2.24, 2.45) is 0 Å². The second kappa shape index (κ2) is 8.85. The lowest BCUT2D eigenvalue weighted by Gasteiger charge is -2.31. The van der Waals surface area contributed by atoms with Gasteiger partial charge in [0.1, 0.15) is 11.6 Å². The number of fused-ring (bicyclic) bond motifs is 3. The fourth-order valence-electron chi connectivity index (χ4n) is 4.90. The van der Waals surface area contributed by atoms with Gasteiger partial charge in [-0.2, -0.15) is 5.10 Å². The van der Waals surface area contributed by atoms with E-state index in [4.69, 9.17) is 5.10 Å². The molecule has 0 bridgehead atoms. The minimum absolute atomic E-state index is 0.318. The number of hydrogen-bond donors (Lipinski definition) is 1. The van der Waals surface area contributed by atoms with Crippen molar-refractivity contribution in [3.05, 3.63) is 132 Å². The van der Waals surface area contributed by atoms with E-state index in [0.29, 0.717) is 12.2 Å². The quantitative estimate of drug-likeness (QED) is 0.334. The van der Waals surface area contributed by atoms with Gasteiger partial charge in [0.2, 0.25) is 0 Å². The molecule has 6 nitrogen and oxygen atoms in total. The highest BCUT2D eigenvalue weighted by Gasteiger charge is 2.36. The van der Waals surface area contributed by atoms with E-state index in [1.54, 1.807) is 17.0 Å². The first-order valence-corrected chi connectivity index (χ1v) is 11.8. The molecule has 7 heteroatoms. The van der Waals surface area contributed by atoms with E-state index >= 15 is 0 Å². The number of carbonyl (C=O) groups is 1. The first-order chi connectivity index (χ1) is 17.6. The van der Waals surface area contributed by atoms with Crippen molar-refractivity contribution in [3.8, 4) is 11.5 Å². The molecule has 0 aliphatic carbocycles. The Hall–Kier alpha value is -4.65. The molecule has 1 aliphatic heterocycles. The Morgan fingerprint density at radius 1 is 0.944 bits per heavy atom. The third kappa shape index (κ3) is 3.75. The number of para-hydroxylation sites is 1. The summed E-state index contributed by atoms with van der Waals surface area (Å²) in [6.45, 7) is 2.29. The minimum atomic E-state index is -0.403. The number of urea groups is 1. The lowest BCUT2D eigenvalue weighted by molar-refractivity contribution is 0.194. The van der Waals surface area contributed by atoms with E-state index in [1.807, 2.05) is 90.6 Å². The van der Waals surface area contributed by atoms with Gasteiger partial charge in [-0.3, -0.25) is 0 Å². The van der Waals surface area contributed by atoms with Crippen LogP contribution in [0.5, 0.6) is 0 Å². The SMILES string of the molecule is Cc1nn(-c2ccccc2)c2c1CN(C(=O)Nc1cccc(F)c1)C(c1ccccc1)c1cccn1-2. The summed E-state index contributed by atoms with van der Waals surface area (Å²) >= 11 is 0. The molecule has 178 valence electrons. The molecule has 36 heavy (non-hydrogen) atoms. The van der Waals surface area contributed by atoms with Crippen molar-refractivity contribution in [2.75, 3.05) is 5.32 Å². The molecule has 0 radical (unpaired) electrons. The number of aryl methyl sites for hydroxylation is 1. The monoisotopic (exact) mass is 477 g/mol. The molecule has 2 aromatic heterocycles. The zero-order chi connectivity index (χ0) is 24.6. The van der Waals surface area contributed by atoms with Crippen LogP contribution in [0.2, 0.25) is 0 Å². The second-order valence-electron chi connectivity index (χ2n) is 8.82. The molecule has 0 spiro atoms. The Bertz CT molecular complexity index is 1540. The van der Waals surface area contributed by atoms with Crippen LogP contribution in [0.1, 0.15) is 28.6 Å². The predicted molar refractivity (Wildman–Crippen MR) is 137 cm³/mol. The van der Waals surface area contributed by atoms with Crippen LogP contribution < -0.4 is 5.32 Å². The summed E-state index contributed by atoms with van der Waals surface area (Å²) in [6, 6.07) is 29.2. The number of hydrogen-bond acceptors (Lipinski definition) is 2. The number of aromatic nitrogens is 3. The zero-order valence-electron chi connectivity index (χ0n) is 19.7. The summed E-state index contributed by atoms with van der Waals surface area (Å²) in [7, 11) is 0. The van der Waals surface area contributed by atoms with Gasteiger partial charge in [-0.1, -0.05) is 54.6 Å². The normalized spacial score (nSPS) is 14.6. The van der Waals surface area contributed by atoms with Crippen molar-refractivity contribution in [3.63, 3.8) is 0 Å². The van der Waals surface area contributed by atoms with E-state index < -0.39 is 5.82 Å². The number of nitrogens with one attached hydrogen (secondary N) is 1. The van der Waals surface area contributed by atoms with Crippen LogP contribution in [-0.4, -0.2) is 25.3 Å². The van der Waals surface area contributed by atoms with Crippen LogP contribution in [0.25, 0.3) is 11.5 Å². The minimum Gasteiger partial charge on any atom is -0.308 e. The van der Waals surface area contributed by atoms with Gasteiger partial charge in [-0.15, -0.1) is 0 Å². The van der Waals surface area contributed by atoms with Crippen LogP contribution in [0, 0.1) is 12.7 Å². The Kier molecular flexibility index (Phi) is 5.37. The number of anilines is 1. The van der Waals surface area contributed by atoms with Crippen LogP contribution >= 0.6 is 0 Å². The molecule has 2 amide bonds. The van der Waals surface area contributed by atoms with Crippen LogP contribution in [0.3, 0.4) is 0 Å². The lowest BCUT2D eigenvalue weighted by Crippen LogP contribution is -2.38. The highest BCUT2D eigenvalue weighted by Crippen LogP contribution is 2.38. The first-order valence-electron chi connectivity index (χ1n) is 11.8. The van der Waals surface area contributed by atoms with Gasteiger partial charge >= 0.3 is 6.03 Å². The molecule has 1 atom stereocenters. The molecular formula is C29H24FN5O. The fourth-order valence-corrected chi connectivity index (χ4v) is 4.90. The molecular weight excluding hydrogens is 453 g/mol. The Labute approximate surface area is 208 Å². The molecule has 0 fully saturated rings. The zero-order valence-corrected chi connectivity index (χ0v) is 19.7. The maximum absolute atomic E-state index is 13.9. The smallest absolute Gasteiger partial charge is 0.308 e. The maximum atomic E-state index is 13.9. The topological polar surface area (TPSA) is 55.1 Å². The maximum Gasteiger partial charge on any atom is 0.322 e. The molecule has 5 aromatic rings. The average Bonchev–Trinajstić information content (AvgIpc) is 3.45.